The van der Waals surface area contributed by atoms with E-state index in [4.69, 9.17) is 9.47 Å². The Morgan fingerprint density at radius 3 is 2.66 bits per heavy atom. The Kier molecular flexibility index (Phi) is 5.25. The molecule has 7 nitrogen and oxygen atoms in total. The maximum absolute atomic E-state index is 14.1. The summed E-state index contributed by atoms with van der Waals surface area (Å²) >= 11 is 0. The molecule has 7 heteroatoms. The van der Waals surface area contributed by atoms with Crippen molar-refractivity contribution in [3.8, 4) is 5.75 Å². The van der Waals surface area contributed by atoms with Gasteiger partial charge in [-0.15, -0.1) is 0 Å². The molecule has 0 unspecified atom stereocenters. The van der Waals surface area contributed by atoms with Crippen molar-refractivity contribution < 1.29 is 23.9 Å². The number of fused-ring (bicyclic) bond motifs is 5. The Hall–Kier alpha value is -3.45. The highest BCUT2D eigenvalue weighted by molar-refractivity contribution is 6.14. The van der Waals surface area contributed by atoms with Crippen LogP contribution in [-0.2, 0) is 14.3 Å². The van der Waals surface area contributed by atoms with Crippen molar-refractivity contribution in [3.05, 3.63) is 65.7 Å². The first-order valence-corrected chi connectivity index (χ1v) is 12.2. The van der Waals surface area contributed by atoms with E-state index in [-0.39, 0.29) is 36.3 Å². The summed E-state index contributed by atoms with van der Waals surface area (Å²) in [5.74, 6) is -1.42. The number of hydrogen-bond acceptors (Lipinski definition) is 6. The van der Waals surface area contributed by atoms with Crippen molar-refractivity contribution in [3.63, 3.8) is 0 Å². The van der Waals surface area contributed by atoms with Gasteiger partial charge < -0.3 is 14.4 Å². The fourth-order valence-electron chi connectivity index (χ4n) is 6.28. The second-order valence-electron chi connectivity index (χ2n) is 9.78. The van der Waals surface area contributed by atoms with E-state index in [9.17, 15) is 14.4 Å². The summed E-state index contributed by atoms with van der Waals surface area (Å²) in [6.07, 6.45) is 3.69. The summed E-state index contributed by atoms with van der Waals surface area (Å²) in [6, 6.07) is 13.8. The van der Waals surface area contributed by atoms with Crippen molar-refractivity contribution >= 4 is 28.9 Å². The van der Waals surface area contributed by atoms with Gasteiger partial charge in [0.2, 0.25) is 11.8 Å². The molecule has 5 atom stereocenters. The third kappa shape index (κ3) is 3.32. The topological polar surface area (TPSA) is 76.1 Å². The highest BCUT2D eigenvalue weighted by atomic mass is 16.5. The lowest BCUT2D eigenvalue weighted by Gasteiger charge is -2.38. The van der Waals surface area contributed by atoms with Gasteiger partial charge >= 0.3 is 0 Å². The largest absolute Gasteiger partial charge is 0.497 e. The Morgan fingerprint density at radius 2 is 1.89 bits per heavy atom. The van der Waals surface area contributed by atoms with Crippen LogP contribution in [-0.4, -0.2) is 60.9 Å². The highest BCUT2D eigenvalue weighted by Crippen LogP contribution is 2.50. The lowest BCUT2D eigenvalue weighted by Crippen LogP contribution is -2.49. The summed E-state index contributed by atoms with van der Waals surface area (Å²) in [4.78, 5) is 45.0. The quantitative estimate of drug-likeness (QED) is 0.491. The molecule has 3 saturated heterocycles. The molecule has 35 heavy (non-hydrogen) atoms. The van der Waals surface area contributed by atoms with Crippen LogP contribution in [0.3, 0.4) is 0 Å². The van der Waals surface area contributed by atoms with Crippen molar-refractivity contribution in [2.24, 2.45) is 11.8 Å². The van der Waals surface area contributed by atoms with Gasteiger partial charge in [-0.1, -0.05) is 36.4 Å². The summed E-state index contributed by atoms with van der Waals surface area (Å²) in [7, 11) is 1.56. The molecular formula is C28H28N2O5. The molecule has 6 rings (SSSR count). The van der Waals surface area contributed by atoms with Crippen LogP contribution in [0.15, 0.2) is 54.6 Å². The third-order valence-electron chi connectivity index (χ3n) is 7.88. The third-order valence-corrected chi connectivity index (χ3v) is 7.88. The van der Waals surface area contributed by atoms with Crippen LogP contribution in [0.5, 0.6) is 5.75 Å². The molecule has 0 aromatic heterocycles. The number of Topliss-reactive ketones (excluding diaryl/α,β-unsaturated/α-hetero) is 1. The fraction of sp³-hybridized carbons (Fsp3) is 0.393. The summed E-state index contributed by atoms with van der Waals surface area (Å²) in [6.45, 7) is 2.93. The van der Waals surface area contributed by atoms with E-state index in [2.05, 4.69) is 6.08 Å². The van der Waals surface area contributed by atoms with Crippen LogP contribution < -0.4 is 9.64 Å². The van der Waals surface area contributed by atoms with E-state index in [1.807, 2.05) is 36.1 Å². The number of carbonyl (C=O) groups excluding carboxylic acids is 3. The molecule has 0 N–H and O–H groups in total. The number of ether oxygens (including phenoxy) is 2. The molecule has 0 aliphatic carbocycles. The van der Waals surface area contributed by atoms with Crippen LogP contribution in [0.4, 0.5) is 5.69 Å². The number of benzene rings is 2. The van der Waals surface area contributed by atoms with Gasteiger partial charge in [0.05, 0.1) is 37.6 Å². The van der Waals surface area contributed by atoms with Crippen LogP contribution in [0, 0.1) is 11.8 Å². The Labute approximate surface area is 204 Å². The molecule has 2 aromatic rings. The van der Waals surface area contributed by atoms with Crippen molar-refractivity contribution in [2.75, 3.05) is 25.2 Å². The molecule has 0 bridgehead atoms. The molecule has 2 amide bonds. The van der Waals surface area contributed by atoms with Crippen LogP contribution in [0.25, 0.3) is 5.57 Å². The lowest BCUT2D eigenvalue weighted by molar-refractivity contribution is -0.142. The predicted octanol–water partition coefficient (Wildman–Crippen LogP) is 3.33. The SMILES string of the molecule is COc1cccc(C(=O)[C@H]2[C@H]3C(=O)N(C[C@@H]4CCCO4)C(=O)[C@@H]3[C@H]3C=C(C)c4ccccc4N32)c1. The molecule has 0 radical (unpaired) electrons. The molecule has 4 aliphatic heterocycles. The maximum atomic E-state index is 14.1. The zero-order valence-electron chi connectivity index (χ0n) is 19.8. The molecule has 4 aliphatic rings. The minimum absolute atomic E-state index is 0.130. The van der Waals surface area contributed by atoms with Crippen LogP contribution in [0.2, 0.25) is 0 Å². The molecule has 3 fully saturated rings. The van der Waals surface area contributed by atoms with Gasteiger partial charge in [0.15, 0.2) is 5.78 Å². The zero-order valence-corrected chi connectivity index (χ0v) is 19.8. The van der Waals surface area contributed by atoms with Gasteiger partial charge in [-0.05, 0) is 43.5 Å². The molecule has 180 valence electrons. The number of amides is 2. The first-order chi connectivity index (χ1) is 17.0. The van der Waals surface area contributed by atoms with E-state index in [0.29, 0.717) is 17.9 Å². The van der Waals surface area contributed by atoms with Crippen LogP contribution in [0.1, 0.15) is 35.7 Å². The number of carbonyl (C=O) groups is 3. The van der Waals surface area contributed by atoms with Gasteiger partial charge in [-0.2, -0.15) is 0 Å². The van der Waals surface area contributed by atoms with E-state index in [1.165, 1.54) is 4.90 Å². The average molecular weight is 473 g/mol. The number of rotatable bonds is 5. The molecule has 4 heterocycles. The van der Waals surface area contributed by atoms with Gasteiger partial charge in [-0.3, -0.25) is 19.3 Å². The average Bonchev–Trinajstić information content (AvgIpc) is 3.57. The molecule has 0 saturated carbocycles. The zero-order chi connectivity index (χ0) is 24.3. The normalized spacial score (nSPS) is 29.1. The monoisotopic (exact) mass is 472 g/mol. The standard InChI is InChI=1S/C28H28N2O5/c1-16-13-22-23-24(28(33)29(27(23)32)15-19-9-6-12-35-19)25(30(22)21-11-4-3-10-20(16)21)26(31)17-7-5-8-18(14-17)34-2/h3-5,7-8,10-11,13-14,19,22-25H,6,9,12,15H2,1-2H3/t19-,22+,23+,24-,25+/m0/s1. The van der Waals surface area contributed by atoms with E-state index >= 15 is 0 Å². The number of hydrogen-bond donors (Lipinski definition) is 0. The summed E-state index contributed by atoms with van der Waals surface area (Å²) < 4.78 is 11.1. The lowest BCUT2D eigenvalue weighted by atomic mass is 9.85. The van der Waals surface area contributed by atoms with Crippen LogP contribution >= 0.6 is 0 Å². The fourth-order valence-corrected chi connectivity index (χ4v) is 6.28. The van der Waals surface area contributed by atoms with Crippen molar-refractivity contribution in [1.29, 1.82) is 0 Å². The molecular weight excluding hydrogens is 444 g/mol. The van der Waals surface area contributed by atoms with E-state index < -0.39 is 17.9 Å². The number of methoxy groups -OCH3 is 1. The first-order valence-electron chi connectivity index (χ1n) is 12.2. The Bertz CT molecular complexity index is 1250. The smallest absolute Gasteiger partial charge is 0.235 e. The summed E-state index contributed by atoms with van der Waals surface area (Å²) in [5, 5.41) is 0. The van der Waals surface area contributed by atoms with Gasteiger partial charge in [0.25, 0.3) is 0 Å². The Morgan fingerprint density at radius 1 is 1.09 bits per heavy atom. The predicted molar refractivity (Wildman–Crippen MR) is 130 cm³/mol. The van der Waals surface area contributed by atoms with Gasteiger partial charge in [0.1, 0.15) is 11.8 Å². The number of likely N-dealkylation sites (tertiary alicyclic amines) is 1. The van der Waals surface area contributed by atoms with Gasteiger partial charge in [-0.25, -0.2) is 0 Å². The number of nitrogens with zero attached hydrogens (tertiary/aromatic N) is 2. The first kappa shape index (κ1) is 22.0. The summed E-state index contributed by atoms with van der Waals surface area (Å²) in [5.41, 5.74) is 3.42. The number of ketones is 1. The molecule has 0 spiro atoms. The Balaban J connectivity index is 1.45. The van der Waals surface area contributed by atoms with Crippen molar-refractivity contribution in [1.82, 2.24) is 4.90 Å². The van der Waals surface area contributed by atoms with E-state index in [0.717, 1.165) is 29.7 Å². The molecule has 2 aromatic carbocycles. The maximum Gasteiger partial charge on any atom is 0.235 e. The van der Waals surface area contributed by atoms with Crippen molar-refractivity contribution in [2.45, 2.75) is 38.0 Å². The number of anilines is 1. The highest BCUT2D eigenvalue weighted by Gasteiger charge is 2.64. The second kappa shape index (κ2) is 8.34. The number of allylic oxidation sites excluding steroid dienone is 1. The minimum atomic E-state index is -0.784. The van der Waals surface area contributed by atoms with E-state index in [1.54, 1.807) is 31.4 Å². The number of para-hydroxylation sites is 1. The minimum Gasteiger partial charge on any atom is -0.497 e. The second-order valence-corrected chi connectivity index (χ2v) is 9.78. The number of imide groups is 1. The van der Waals surface area contributed by atoms with Gasteiger partial charge in [0, 0.05) is 23.4 Å².